The highest BCUT2D eigenvalue weighted by molar-refractivity contribution is 5.75. The molecule has 3 rings (SSSR count). The molecule has 1 aliphatic heterocycles. The van der Waals surface area contributed by atoms with Crippen LogP contribution in [0, 0.1) is 5.92 Å². The summed E-state index contributed by atoms with van der Waals surface area (Å²) in [7, 11) is 1.98. The molecule has 3 N–H and O–H groups in total. The molecule has 0 aliphatic carbocycles. The predicted octanol–water partition coefficient (Wildman–Crippen LogP) is 1.54. The van der Waals surface area contributed by atoms with Gasteiger partial charge >= 0.3 is 5.69 Å². The summed E-state index contributed by atoms with van der Waals surface area (Å²) in [6.45, 7) is 1.67. The third kappa shape index (κ3) is 2.43. The van der Waals surface area contributed by atoms with Gasteiger partial charge in [-0.3, -0.25) is 0 Å². The zero-order valence-corrected chi connectivity index (χ0v) is 11.0. The first kappa shape index (κ1) is 12.4. The number of imidazole rings is 1. The van der Waals surface area contributed by atoms with Gasteiger partial charge in [0.15, 0.2) is 0 Å². The highest BCUT2D eigenvalue weighted by atomic mass is 16.5. The predicted molar refractivity (Wildman–Crippen MR) is 74.3 cm³/mol. The van der Waals surface area contributed by atoms with Crippen molar-refractivity contribution in [3.05, 3.63) is 34.2 Å². The van der Waals surface area contributed by atoms with E-state index in [0.29, 0.717) is 5.92 Å². The zero-order chi connectivity index (χ0) is 13.2. The molecule has 1 saturated heterocycles. The van der Waals surface area contributed by atoms with Crippen LogP contribution in [0.1, 0.15) is 24.4 Å². The van der Waals surface area contributed by atoms with Gasteiger partial charge in [-0.2, -0.15) is 0 Å². The van der Waals surface area contributed by atoms with Gasteiger partial charge in [-0.25, -0.2) is 4.79 Å². The molecule has 1 aliphatic rings. The lowest BCUT2D eigenvalue weighted by Gasteiger charge is -2.30. The fraction of sp³-hybridized carbons (Fsp3) is 0.500. The zero-order valence-electron chi connectivity index (χ0n) is 11.0. The first-order valence-corrected chi connectivity index (χ1v) is 6.75. The van der Waals surface area contributed by atoms with Crippen molar-refractivity contribution < 1.29 is 4.74 Å². The van der Waals surface area contributed by atoms with Crippen LogP contribution in [-0.2, 0) is 4.74 Å². The van der Waals surface area contributed by atoms with Crippen LogP contribution >= 0.6 is 0 Å². The van der Waals surface area contributed by atoms with Crippen molar-refractivity contribution in [3.8, 4) is 0 Å². The average molecular weight is 261 g/mol. The third-order valence-electron chi connectivity index (χ3n) is 3.88. The number of hydrogen-bond donors (Lipinski definition) is 3. The number of H-pyrrole nitrogens is 2. The van der Waals surface area contributed by atoms with Gasteiger partial charge in [-0.05, 0) is 37.6 Å². The lowest BCUT2D eigenvalue weighted by molar-refractivity contribution is 0.0402. The minimum atomic E-state index is -0.158. The molecule has 2 aromatic rings. The second-order valence-corrected chi connectivity index (χ2v) is 5.13. The molecular weight excluding hydrogens is 242 g/mol. The highest BCUT2D eigenvalue weighted by Crippen LogP contribution is 2.29. The number of hydrogen-bond acceptors (Lipinski definition) is 3. The minimum Gasteiger partial charge on any atom is -0.381 e. The minimum absolute atomic E-state index is 0.158. The van der Waals surface area contributed by atoms with Gasteiger partial charge < -0.3 is 20.0 Å². The molecule has 5 nitrogen and oxygen atoms in total. The van der Waals surface area contributed by atoms with E-state index in [4.69, 9.17) is 4.74 Å². The lowest BCUT2D eigenvalue weighted by atomic mass is 9.88. The van der Waals surface area contributed by atoms with Crippen LogP contribution < -0.4 is 11.0 Å². The largest absolute Gasteiger partial charge is 0.381 e. The van der Waals surface area contributed by atoms with Crippen molar-refractivity contribution in [1.82, 2.24) is 15.3 Å². The molecule has 0 radical (unpaired) electrons. The molecule has 0 amide bonds. The van der Waals surface area contributed by atoms with Gasteiger partial charge in [0.2, 0.25) is 0 Å². The Kier molecular flexibility index (Phi) is 3.40. The Hall–Kier alpha value is -1.59. The smallest absolute Gasteiger partial charge is 0.323 e. The number of benzene rings is 1. The molecule has 19 heavy (non-hydrogen) atoms. The van der Waals surface area contributed by atoms with E-state index in [-0.39, 0.29) is 11.7 Å². The maximum Gasteiger partial charge on any atom is 0.323 e. The summed E-state index contributed by atoms with van der Waals surface area (Å²) < 4.78 is 5.57. The molecule has 0 spiro atoms. The van der Waals surface area contributed by atoms with Crippen LogP contribution in [0.4, 0.5) is 0 Å². The Balaban J connectivity index is 1.93. The number of fused-ring (bicyclic) bond motifs is 1. The molecule has 1 fully saturated rings. The van der Waals surface area contributed by atoms with Gasteiger partial charge in [-0.1, -0.05) is 6.07 Å². The first-order valence-electron chi connectivity index (χ1n) is 6.75. The topological polar surface area (TPSA) is 69.9 Å². The van der Waals surface area contributed by atoms with Crippen LogP contribution in [0.25, 0.3) is 11.0 Å². The Morgan fingerprint density at radius 2 is 2.21 bits per heavy atom. The molecule has 1 aromatic carbocycles. The Morgan fingerprint density at radius 1 is 1.37 bits per heavy atom. The van der Waals surface area contributed by atoms with E-state index in [0.717, 1.165) is 30.7 Å². The molecular formula is C14H19N3O2. The van der Waals surface area contributed by atoms with Crippen LogP contribution in [0.3, 0.4) is 0 Å². The number of rotatable bonds is 3. The quantitative estimate of drug-likeness (QED) is 0.785. The fourth-order valence-electron chi connectivity index (χ4n) is 2.95. The Bertz CT molecular complexity index is 610. The molecule has 0 saturated carbocycles. The van der Waals surface area contributed by atoms with E-state index in [1.54, 1.807) is 0 Å². The van der Waals surface area contributed by atoms with Crippen molar-refractivity contribution in [3.63, 3.8) is 0 Å². The van der Waals surface area contributed by atoms with Crippen LogP contribution in [0.15, 0.2) is 23.0 Å². The number of ether oxygens (including phenoxy) is 1. The van der Waals surface area contributed by atoms with Crippen molar-refractivity contribution in [1.29, 1.82) is 0 Å². The van der Waals surface area contributed by atoms with Gasteiger partial charge in [0.1, 0.15) is 0 Å². The van der Waals surface area contributed by atoms with Crippen molar-refractivity contribution >= 4 is 11.0 Å². The van der Waals surface area contributed by atoms with Gasteiger partial charge in [-0.15, -0.1) is 0 Å². The van der Waals surface area contributed by atoms with E-state index in [2.05, 4.69) is 21.4 Å². The van der Waals surface area contributed by atoms with E-state index in [1.807, 2.05) is 19.2 Å². The lowest BCUT2D eigenvalue weighted by Crippen LogP contribution is -2.31. The van der Waals surface area contributed by atoms with Crippen LogP contribution in [0.5, 0.6) is 0 Å². The molecule has 2 unspecified atom stereocenters. The van der Waals surface area contributed by atoms with Crippen LogP contribution in [0.2, 0.25) is 0 Å². The van der Waals surface area contributed by atoms with Gasteiger partial charge in [0, 0.05) is 18.6 Å². The van der Waals surface area contributed by atoms with E-state index in [9.17, 15) is 4.79 Å². The number of aromatic amines is 2. The number of aromatic nitrogens is 2. The molecule has 0 bridgehead atoms. The average Bonchev–Trinajstić information content (AvgIpc) is 2.80. The van der Waals surface area contributed by atoms with Crippen LogP contribution in [-0.4, -0.2) is 30.2 Å². The maximum absolute atomic E-state index is 11.3. The molecule has 5 heteroatoms. The highest BCUT2D eigenvalue weighted by Gasteiger charge is 2.24. The Labute approximate surface area is 111 Å². The monoisotopic (exact) mass is 261 g/mol. The second kappa shape index (κ2) is 5.19. The van der Waals surface area contributed by atoms with Crippen molar-refractivity contribution in [2.24, 2.45) is 5.92 Å². The van der Waals surface area contributed by atoms with E-state index in [1.165, 1.54) is 12.0 Å². The number of nitrogens with one attached hydrogen (secondary N) is 3. The summed E-state index contributed by atoms with van der Waals surface area (Å²) in [5.74, 6) is 0.488. The fourth-order valence-corrected chi connectivity index (χ4v) is 2.95. The van der Waals surface area contributed by atoms with Gasteiger partial charge in [0.05, 0.1) is 17.6 Å². The standard InChI is InChI=1S/C14H19N3O2/c1-15-13(10-3-2-6-19-8-10)9-4-5-11-12(7-9)17-14(18)16-11/h4-5,7,10,13,15H,2-3,6,8H2,1H3,(H2,16,17,18). The summed E-state index contributed by atoms with van der Waals surface area (Å²) in [6.07, 6.45) is 2.29. The second-order valence-electron chi connectivity index (χ2n) is 5.13. The summed E-state index contributed by atoms with van der Waals surface area (Å²) >= 11 is 0. The molecule has 2 atom stereocenters. The maximum atomic E-state index is 11.3. The van der Waals surface area contributed by atoms with Crippen molar-refractivity contribution in [2.75, 3.05) is 20.3 Å². The normalized spacial score (nSPS) is 21.6. The van der Waals surface area contributed by atoms with Crippen molar-refractivity contribution in [2.45, 2.75) is 18.9 Å². The summed E-state index contributed by atoms with van der Waals surface area (Å²) in [4.78, 5) is 16.9. The molecule has 1 aromatic heterocycles. The molecule has 102 valence electrons. The summed E-state index contributed by atoms with van der Waals surface area (Å²) in [6, 6.07) is 6.34. The SMILES string of the molecule is CNC(c1ccc2[nH]c(=O)[nH]c2c1)C1CCCOC1. The molecule has 2 heterocycles. The summed E-state index contributed by atoms with van der Waals surface area (Å²) in [5, 5.41) is 3.38. The third-order valence-corrected chi connectivity index (χ3v) is 3.88. The first-order chi connectivity index (χ1) is 9.28. The Morgan fingerprint density at radius 3 is 2.95 bits per heavy atom. The summed E-state index contributed by atoms with van der Waals surface area (Å²) in [5.41, 5.74) is 2.75. The van der Waals surface area contributed by atoms with E-state index < -0.39 is 0 Å². The van der Waals surface area contributed by atoms with Gasteiger partial charge in [0.25, 0.3) is 0 Å². The van der Waals surface area contributed by atoms with E-state index >= 15 is 0 Å².